The highest BCUT2D eigenvalue weighted by atomic mass is 35.5. The summed E-state index contributed by atoms with van der Waals surface area (Å²) < 4.78 is 1.78. The van der Waals surface area contributed by atoms with E-state index in [-0.39, 0.29) is 5.54 Å². The van der Waals surface area contributed by atoms with E-state index in [1.165, 1.54) is 5.56 Å². The van der Waals surface area contributed by atoms with Crippen molar-refractivity contribution < 1.29 is 0 Å². The van der Waals surface area contributed by atoms with E-state index in [2.05, 4.69) is 49.2 Å². The van der Waals surface area contributed by atoms with Crippen LogP contribution in [0.4, 0.5) is 0 Å². The minimum Gasteiger partial charge on any atom is -0.308 e. The van der Waals surface area contributed by atoms with Crippen LogP contribution in [0.3, 0.4) is 0 Å². The summed E-state index contributed by atoms with van der Waals surface area (Å²) in [6.45, 7) is 13.2. The van der Waals surface area contributed by atoms with Crippen molar-refractivity contribution in [1.29, 1.82) is 0 Å². The Morgan fingerprint density at radius 1 is 1.24 bits per heavy atom. The molecule has 4 nitrogen and oxygen atoms in total. The maximum Gasteiger partial charge on any atom is 0.158 e. The third-order valence-electron chi connectivity index (χ3n) is 3.31. The topological polar surface area (TPSA) is 42.7 Å². The van der Waals surface area contributed by atoms with Gasteiger partial charge in [-0.1, -0.05) is 11.6 Å². The molecule has 0 unspecified atom stereocenters. The Kier molecular flexibility index (Phi) is 4.40. The fourth-order valence-electron chi connectivity index (χ4n) is 2.15. The summed E-state index contributed by atoms with van der Waals surface area (Å²) in [6, 6.07) is 2.10. The average Bonchev–Trinajstić information content (AvgIpc) is 2.66. The Hall–Kier alpha value is -1.39. The first kappa shape index (κ1) is 16.0. The molecule has 0 saturated carbocycles. The highest BCUT2D eigenvalue weighted by Gasteiger charge is 2.16. The Morgan fingerprint density at radius 3 is 2.43 bits per heavy atom. The van der Waals surface area contributed by atoms with Gasteiger partial charge in [0, 0.05) is 23.3 Å². The van der Waals surface area contributed by atoms with E-state index in [1.54, 1.807) is 4.68 Å². The van der Waals surface area contributed by atoms with Gasteiger partial charge in [0.15, 0.2) is 5.82 Å². The van der Waals surface area contributed by atoms with Gasteiger partial charge in [0.2, 0.25) is 0 Å². The quantitative estimate of drug-likeness (QED) is 0.939. The molecule has 5 heteroatoms. The lowest BCUT2D eigenvalue weighted by atomic mass is 10.1. The molecule has 2 heterocycles. The van der Waals surface area contributed by atoms with Crippen molar-refractivity contribution in [3.05, 3.63) is 39.8 Å². The fraction of sp³-hybridized carbons (Fsp3) is 0.500. The number of pyridine rings is 1. The van der Waals surface area contributed by atoms with E-state index in [9.17, 15) is 0 Å². The third-order valence-corrected chi connectivity index (χ3v) is 3.68. The fourth-order valence-corrected chi connectivity index (χ4v) is 2.28. The molecule has 0 fully saturated rings. The minimum atomic E-state index is 0.0479. The van der Waals surface area contributed by atoms with E-state index >= 15 is 0 Å². The number of rotatable bonds is 3. The van der Waals surface area contributed by atoms with Crippen LogP contribution in [0.2, 0.25) is 5.02 Å². The van der Waals surface area contributed by atoms with Gasteiger partial charge in [-0.3, -0.25) is 0 Å². The van der Waals surface area contributed by atoms with Crippen LogP contribution in [-0.4, -0.2) is 20.3 Å². The Bertz CT molecular complexity index is 634. The van der Waals surface area contributed by atoms with Crippen molar-refractivity contribution in [2.45, 2.75) is 53.6 Å². The third kappa shape index (κ3) is 3.83. The zero-order valence-electron chi connectivity index (χ0n) is 13.6. The molecule has 2 rings (SSSR count). The van der Waals surface area contributed by atoms with Crippen molar-refractivity contribution in [3.63, 3.8) is 0 Å². The number of nitrogens with zero attached hydrogens (tertiary/aromatic N) is 3. The van der Waals surface area contributed by atoms with Gasteiger partial charge < -0.3 is 5.32 Å². The summed E-state index contributed by atoms with van der Waals surface area (Å²) >= 11 is 6.13. The molecule has 0 atom stereocenters. The lowest BCUT2D eigenvalue weighted by Crippen LogP contribution is -2.35. The monoisotopic (exact) mass is 306 g/mol. The molecule has 0 amide bonds. The molecule has 2 aromatic heterocycles. The average molecular weight is 307 g/mol. The second-order valence-electron chi connectivity index (χ2n) is 6.49. The van der Waals surface area contributed by atoms with Crippen LogP contribution in [0.25, 0.3) is 5.82 Å². The summed E-state index contributed by atoms with van der Waals surface area (Å²) in [5, 5.41) is 8.64. The molecule has 0 radical (unpaired) electrons. The summed E-state index contributed by atoms with van der Waals surface area (Å²) in [5.74, 6) is 0.847. The molecule has 0 aliphatic heterocycles. The van der Waals surface area contributed by atoms with Crippen LogP contribution >= 0.6 is 11.6 Å². The molecule has 0 aliphatic carbocycles. The molecule has 0 bridgehead atoms. The second-order valence-corrected chi connectivity index (χ2v) is 6.90. The zero-order valence-corrected chi connectivity index (χ0v) is 14.3. The van der Waals surface area contributed by atoms with Crippen LogP contribution in [0.15, 0.2) is 12.3 Å². The maximum atomic E-state index is 6.13. The summed E-state index contributed by atoms with van der Waals surface area (Å²) in [5.41, 5.74) is 4.19. The van der Waals surface area contributed by atoms with Crippen LogP contribution in [-0.2, 0) is 6.54 Å². The van der Waals surface area contributed by atoms with Crippen LogP contribution in [0, 0.1) is 20.8 Å². The summed E-state index contributed by atoms with van der Waals surface area (Å²) in [6.07, 6.45) is 1.82. The van der Waals surface area contributed by atoms with Gasteiger partial charge in [0.25, 0.3) is 0 Å². The van der Waals surface area contributed by atoms with Crippen molar-refractivity contribution >= 4 is 11.6 Å². The van der Waals surface area contributed by atoms with Gasteiger partial charge in [-0.25, -0.2) is 9.67 Å². The Balaban J connectivity index is 2.48. The molecule has 0 aliphatic rings. The van der Waals surface area contributed by atoms with Crippen LogP contribution < -0.4 is 5.32 Å². The van der Waals surface area contributed by atoms with Crippen LogP contribution in [0.1, 0.15) is 43.3 Å². The Morgan fingerprint density at radius 2 is 1.90 bits per heavy atom. The highest BCUT2D eigenvalue weighted by Crippen LogP contribution is 2.21. The summed E-state index contributed by atoms with van der Waals surface area (Å²) in [4.78, 5) is 4.66. The molecule has 1 N–H and O–H groups in total. The predicted molar refractivity (Wildman–Crippen MR) is 87.2 cm³/mol. The van der Waals surface area contributed by atoms with Crippen molar-refractivity contribution in [3.8, 4) is 5.82 Å². The number of hydrogen-bond acceptors (Lipinski definition) is 3. The van der Waals surface area contributed by atoms with Gasteiger partial charge >= 0.3 is 0 Å². The van der Waals surface area contributed by atoms with E-state index in [0.717, 1.165) is 29.3 Å². The minimum absolute atomic E-state index is 0.0479. The van der Waals surface area contributed by atoms with Gasteiger partial charge in [-0.05, 0) is 53.2 Å². The van der Waals surface area contributed by atoms with E-state index < -0.39 is 0 Å². The highest BCUT2D eigenvalue weighted by molar-refractivity contribution is 6.31. The predicted octanol–water partition coefficient (Wildman–Crippen LogP) is 3.73. The van der Waals surface area contributed by atoms with Gasteiger partial charge in [-0.15, -0.1) is 0 Å². The first-order chi connectivity index (χ1) is 9.67. The lowest BCUT2D eigenvalue weighted by molar-refractivity contribution is 0.423. The molecule has 0 aromatic carbocycles. The number of aromatic nitrogens is 3. The van der Waals surface area contributed by atoms with E-state index in [1.807, 2.05) is 20.0 Å². The number of hydrogen-bond donors (Lipinski definition) is 1. The first-order valence-corrected chi connectivity index (χ1v) is 7.49. The smallest absolute Gasteiger partial charge is 0.158 e. The second kappa shape index (κ2) is 5.78. The van der Waals surface area contributed by atoms with Gasteiger partial charge in [0.05, 0.1) is 16.9 Å². The molecule has 0 spiro atoms. The van der Waals surface area contributed by atoms with E-state index in [4.69, 9.17) is 11.6 Å². The molecule has 114 valence electrons. The molecular formula is C16H23ClN4. The largest absolute Gasteiger partial charge is 0.308 e. The molecule has 0 saturated heterocycles. The number of aryl methyl sites for hydroxylation is 3. The lowest BCUT2D eigenvalue weighted by Gasteiger charge is -2.22. The van der Waals surface area contributed by atoms with Crippen LogP contribution in [0.5, 0.6) is 0 Å². The molecule has 21 heavy (non-hydrogen) atoms. The normalized spacial score (nSPS) is 12.0. The standard InChI is InChI=1S/C16H23ClN4/c1-10-7-11(2)19-15(13(10)8-18-16(4,5)6)21-9-14(17)12(3)20-21/h7,9,18H,8H2,1-6H3. The summed E-state index contributed by atoms with van der Waals surface area (Å²) in [7, 11) is 0. The molecule has 2 aromatic rings. The number of halogens is 1. The van der Waals surface area contributed by atoms with Crippen molar-refractivity contribution in [1.82, 2.24) is 20.1 Å². The van der Waals surface area contributed by atoms with Crippen molar-refractivity contribution in [2.75, 3.05) is 0 Å². The van der Waals surface area contributed by atoms with Gasteiger partial charge in [-0.2, -0.15) is 5.10 Å². The number of nitrogens with one attached hydrogen (secondary N) is 1. The zero-order chi connectivity index (χ0) is 15.8. The van der Waals surface area contributed by atoms with Gasteiger partial charge in [0.1, 0.15) is 0 Å². The first-order valence-electron chi connectivity index (χ1n) is 7.11. The molecular weight excluding hydrogens is 284 g/mol. The van der Waals surface area contributed by atoms with E-state index in [0.29, 0.717) is 5.02 Å². The maximum absolute atomic E-state index is 6.13. The SMILES string of the molecule is Cc1cc(C)c(CNC(C)(C)C)c(-n2cc(Cl)c(C)n2)n1. The Labute approximate surface area is 131 Å². The van der Waals surface area contributed by atoms with Crippen molar-refractivity contribution in [2.24, 2.45) is 0 Å².